The van der Waals surface area contributed by atoms with Crippen LogP contribution in [0.5, 0.6) is 0 Å². The minimum Gasteiger partial charge on any atom is -0.375 e. The molecule has 1 aromatic carbocycles. The number of carbonyl (C=O) groups excluding carboxylic acids is 2. The van der Waals surface area contributed by atoms with Gasteiger partial charge in [-0.15, -0.1) is 0 Å². The third kappa shape index (κ3) is 2.86. The number of pyridine rings is 1. The number of hydrogen-bond donors (Lipinski definition) is 1. The molecule has 0 saturated carbocycles. The van der Waals surface area contributed by atoms with Crippen LogP contribution in [0.2, 0.25) is 0 Å². The maximum absolute atomic E-state index is 13.1. The van der Waals surface area contributed by atoms with Crippen molar-refractivity contribution < 1.29 is 9.59 Å². The topological polar surface area (TPSA) is 95.4 Å². The molecule has 5 heterocycles. The number of aromatic nitrogens is 3. The van der Waals surface area contributed by atoms with Crippen LogP contribution in [0.1, 0.15) is 29.3 Å². The molecule has 4 aromatic rings. The van der Waals surface area contributed by atoms with Crippen LogP contribution in [-0.2, 0) is 22.7 Å². The highest BCUT2D eigenvalue weighted by atomic mass is 16.2. The zero-order chi connectivity index (χ0) is 22.7. The van der Waals surface area contributed by atoms with E-state index in [-0.39, 0.29) is 18.2 Å². The fourth-order valence-electron chi connectivity index (χ4n) is 4.98. The molecule has 0 atom stereocenters. The molecule has 8 heteroatoms. The summed E-state index contributed by atoms with van der Waals surface area (Å²) in [5, 5.41) is 13.8. The summed E-state index contributed by atoms with van der Waals surface area (Å²) >= 11 is 0. The molecule has 0 unspecified atom stereocenters. The van der Waals surface area contributed by atoms with Gasteiger partial charge in [-0.1, -0.05) is 6.07 Å². The molecule has 3 aromatic heterocycles. The molecule has 1 amide bonds. The third-order valence-electron chi connectivity index (χ3n) is 6.49. The van der Waals surface area contributed by atoms with Crippen LogP contribution in [0.25, 0.3) is 27.8 Å². The summed E-state index contributed by atoms with van der Waals surface area (Å²) in [6.45, 7) is 3.40. The highest BCUT2D eigenvalue weighted by molar-refractivity contribution is 6.33. The standard InChI is InChI=1S/C25H20N6O2/c1-15(32)29-6-7-30-14-19(18-9-16(10-26)8-17(13-29)25(18)30)23-21(33)12-28-24(23)20-11-27-22-4-2-3-5-31(20)22/h2-5,8-9,11,14,28H,6-7,12-13H2,1H3. The second kappa shape index (κ2) is 7.07. The molecular weight excluding hydrogens is 416 g/mol. The summed E-state index contributed by atoms with van der Waals surface area (Å²) in [5.41, 5.74) is 6.16. The summed E-state index contributed by atoms with van der Waals surface area (Å²) in [6, 6.07) is 11.7. The van der Waals surface area contributed by atoms with Crippen LogP contribution in [-0.4, -0.2) is 43.6 Å². The maximum Gasteiger partial charge on any atom is 0.219 e. The van der Waals surface area contributed by atoms with Gasteiger partial charge in [-0.3, -0.25) is 14.0 Å². The van der Waals surface area contributed by atoms with Crippen molar-refractivity contribution in [1.82, 2.24) is 24.2 Å². The number of benzene rings is 1. The number of fused-ring (bicyclic) bond motifs is 1. The SMILES string of the molecule is CC(=O)N1CCn2cc(C3=C(c4cnc5ccccn45)NCC3=O)c3cc(C#N)cc(c32)C1. The predicted octanol–water partition coefficient (Wildman–Crippen LogP) is 2.56. The van der Waals surface area contributed by atoms with Gasteiger partial charge in [-0.25, -0.2) is 4.98 Å². The lowest BCUT2D eigenvalue weighted by Crippen LogP contribution is -2.29. The number of nitriles is 1. The van der Waals surface area contributed by atoms with Crippen molar-refractivity contribution in [3.63, 3.8) is 0 Å². The summed E-state index contributed by atoms with van der Waals surface area (Å²) < 4.78 is 4.06. The van der Waals surface area contributed by atoms with Crippen molar-refractivity contribution in [2.24, 2.45) is 0 Å². The van der Waals surface area contributed by atoms with Crippen molar-refractivity contribution >= 4 is 39.5 Å². The van der Waals surface area contributed by atoms with E-state index in [0.29, 0.717) is 30.8 Å². The van der Waals surface area contributed by atoms with Crippen LogP contribution < -0.4 is 5.32 Å². The van der Waals surface area contributed by atoms with Gasteiger partial charge in [0.25, 0.3) is 0 Å². The summed E-state index contributed by atoms with van der Waals surface area (Å²) in [4.78, 5) is 31.5. The molecule has 0 fully saturated rings. The van der Waals surface area contributed by atoms with Crippen molar-refractivity contribution in [2.45, 2.75) is 20.0 Å². The van der Waals surface area contributed by atoms with E-state index in [4.69, 9.17) is 0 Å². The Morgan fingerprint density at radius 3 is 2.94 bits per heavy atom. The average Bonchev–Trinajstić information content (AvgIpc) is 3.47. The number of nitrogens with zero attached hydrogens (tertiary/aromatic N) is 5. The Bertz CT molecular complexity index is 1570. The van der Waals surface area contributed by atoms with Crippen LogP contribution in [0, 0.1) is 11.3 Å². The lowest BCUT2D eigenvalue weighted by atomic mass is 9.97. The van der Waals surface area contributed by atoms with Crippen LogP contribution in [0.4, 0.5) is 0 Å². The third-order valence-corrected chi connectivity index (χ3v) is 6.49. The fourth-order valence-corrected chi connectivity index (χ4v) is 4.98. The van der Waals surface area contributed by atoms with Gasteiger partial charge in [0.05, 0.1) is 46.9 Å². The molecule has 0 saturated heterocycles. The number of rotatable bonds is 2. The smallest absolute Gasteiger partial charge is 0.219 e. The summed E-state index contributed by atoms with van der Waals surface area (Å²) in [6.07, 6.45) is 5.69. The Balaban J connectivity index is 1.62. The Morgan fingerprint density at radius 2 is 2.12 bits per heavy atom. The summed E-state index contributed by atoms with van der Waals surface area (Å²) in [7, 11) is 0. The minimum absolute atomic E-state index is 0.00117. The highest BCUT2D eigenvalue weighted by Gasteiger charge is 2.31. The van der Waals surface area contributed by atoms with Gasteiger partial charge >= 0.3 is 0 Å². The molecule has 0 spiro atoms. The predicted molar refractivity (Wildman–Crippen MR) is 123 cm³/mol. The number of ketones is 1. The van der Waals surface area contributed by atoms with Crippen molar-refractivity contribution in [1.29, 1.82) is 5.26 Å². The molecular formula is C25H20N6O2. The molecule has 162 valence electrons. The van der Waals surface area contributed by atoms with E-state index in [2.05, 4.69) is 20.9 Å². The van der Waals surface area contributed by atoms with Gasteiger partial charge in [-0.05, 0) is 29.8 Å². The Kier molecular flexibility index (Phi) is 4.14. The number of imidazole rings is 1. The molecule has 0 radical (unpaired) electrons. The number of hydrogen-bond acceptors (Lipinski definition) is 5. The monoisotopic (exact) mass is 436 g/mol. The number of nitrogens with one attached hydrogen (secondary N) is 1. The van der Waals surface area contributed by atoms with Crippen LogP contribution >= 0.6 is 0 Å². The van der Waals surface area contributed by atoms with E-state index in [0.717, 1.165) is 39.1 Å². The van der Waals surface area contributed by atoms with Gasteiger partial charge in [0.1, 0.15) is 5.65 Å². The van der Waals surface area contributed by atoms with Gasteiger partial charge < -0.3 is 14.8 Å². The lowest BCUT2D eigenvalue weighted by molar-refractivity contribution is -0.129. The zero-order valence-electron chi connectivity index (χ0n) is 18.0. The zero-order valence-corrected chi connectivity index (χ0v) is 18.0. The van der Waals surface area contributed by atoms with Crippen molar-refractivity contribution in [2.75, 3.05) is 13.1 Å². The normalized spacial score (nSPS) is 15.8. The van der Waals surface area contributed by atoms with E-state index in [9.17, 15) is 14.9 Å². The molecule has 6 rings (SSSR count). The number of carbonyl (C=O) groups is 2. The molecule has 0 bridgehead atoms. The maximum atomic E-state index is 13.1. The minimum atomic E-state index is 0.00117. The van der Waals surface area contributed by atoms with Gasteiger partial charge in [0.2, 0.25) is 5.91 Å². The van der Waals surface area contributed by atoms with E-state index >= 15 is 0 Å². The van der Waals surface area contributed by atoms with Crippen molar-refractivity contribution in [3.05, 3.63) is 71.3 Å². The first-order valence-corrected chi connectivity index (χ1v) is 10.8. The van der Waals surface area contributed by atoms with E-state index in [1.807, 2.05) is 47.1 Å². The average molecular weight is 436 g/mol. The quantitative estimate of drug-likeness (QED) is 0.521. The fraction of sp³-hybridized carbons (Fsp3) is 0.200. The molecule has 1 N–H and O–H groups in total. The first-order valence-electron chi connectivity index (χ1n) is 10.8. The molecule has 2 aliphatic rings. The molecule has 8 nitrogen and oxygen atoms in total. The first kappa shape index (κ1) is 19.3. The second-order valence-corrected chi connectivity index (χ2v) is 8.42. The summed E-state index contributed by atoms with van der Waals surface area (Å²) in [5.74, 6) is 0.00512. The van der Waals surface area contributed by atoms with Crippen molar-refractivity contribution in [3.8, 4) is 6.07 Å². The van der Waals surface area contributed by atoms with E-state index < -0.39 is 0 Å². The molecule has 33 heavy (non-hydrogen) atoms. The second-order valence-electron chi connectivity index (χ2n) is 8.42. The highest BCUT2D eigenvalue weighted by Crippen LogP contribution is 2.37. The number of amides is 1. The largest absolute Gasteiger partial charge is 0.375 e. The molecule has 2 aliphatic heterocycles. The van der Waals surface area contributed by atoms with Gasteiger partial charge in [0, 0.05) is 49.9 Å². The lowest BCUT2D eigenvalue weighted by Gasteiger charge is -2.18. The Hall–Kier alpha value is -4.38. The van der Waals surface area contributed by atoms with Gasteiger partial charge in [0.15, 0.2) is 5.78 Å². The Labute approximate surface area is 189 Å². The van der Waals surface area contributed by atoms with Crippen LogP contribution in [0.15, 0.2) is 48.9 Å². The Morgan fingerprint density at radius 1 is 1.24 bits per heavy atom. The number of Topliss-reactive ketones (excluding diaryl/α,β-unsaturated/α-hetero) is 1. The van der Waals surface area contributed by atoms with Gasteiger partial charge in [-0.2, -0.15) is 5.26 Å². The van der Waals surface area contributed by atoms with E-state index in [1.54, 1.807) is 18.0 Å². The van der Waals surface area contributed by atoms with E-state index in [1.165, 1.54) is 0 Å². The molecule has 0 aliphatic carbocycles. The first-order chi connectivity index (χ1) is 16.0. The van der Waals surface area contributed by atoms with Crippen LogP contribution in [0.3, 0.4) is 0 Å².